The Morgan fingerprint density at radius 3 is 2.20 bits per heavy atom. The van der Waals surface area contributed by atoms with Crippen LogP contribution in [0.15, 0.2) is 48.7 Å². The molecule has 8 rings (SSSR count). The number of piperazine rings is 1. The molecule has 3 aromatic rings. The highest BCUT2D eigenvalue weighted by molar-refractivity contribution is 5.97. The monoisotopic (exact) mass is 623 g/mol. The normalized spacial score (nSPS) is 23.7. The SMILES string of the molecule is NC(=O)c1nc(-c2ccccn2)c(NC2CCOCC23CC3)nc1Nc1ccc(N2CCC(N3CCN(C4CC4)CC3)CC2)cc1. The highest BCUT2D eigenvalue weighted by atomic mass is 16.5. The fraction of sp³-hybridized carbons (Fsp3) is 0.543. The van der Waals surface area contributed by atoms with Gasteiger partial charge in [0.15, 0.2) is 17.3 Å². The van der Waals surface area contributed by atoms with Crippen molar-refractivity contribution in [1.82, 2.24) is 24.8 Å². The van der Waals surface area contributed by atoms with Crippen LogP contribution in [0.25, 0.3) is 11.4 Å². The van der Waals surface area contributed by atoms with Gasteiger partial charge in [-0.25, -0.2) is 9.97 Å². The van der Waals surface area contributed by atoms with E-state index in [1.54, 1.807) is 6.20 Å². The lowest BCUT2D eigenvalue weighted by molar-refractivity contribution is 0.0351. The van der Waals surface area contributed by atoms with Crippen LogP contribution in [0, 0.1) is 5.41 Å². The molecule has 5 aliphatic rings. The van der Waals surface area contributed by atoms with Crippen molar-refractivity contribution in [2.45, 2.75) is 63.1 Å². The fourth-order valence-electron chi connectivity index (χ4n) is 7.69. The summed E-state index contributed by atoms with van der Waals surface area (Å²) >= 11 is 0. The summed E-state index contributed by atoms with van der Waals surface area (Å²) in [4.78, 5) is 34.8. The number of amides is 1. The number of aromatic nitrogens is 3. The van der Waals surface area contributed by atoms with Gasteiger partial charge >= 0.3 is 0 Å². The number of ether oxygens (including phenoxy) is 1. The molecule has 11 nitrogen and oxygen atoms in total. The molecule has 0 bridgehead atoms. The van der Waals surface area contributed by atoms with E-state index in [0.717, 1.165) is 50.7 Å². The van der Waals surface area contributed by atoms with Gasteiger partial charge in [-0.15, -0.1) is 0 Å². The average molecular weight is 624 g/mol. The van der Waals surface area contributed by atoms with E-state index in [9.17, 15) is 4.79 Å². The lowest BCUT2D eigenvalue weighted by Gasteiger charge is -2.43. The number of carbonyl (C=O) groups excluding carboxylic acids is 1. The second-order valence-corrected chi connectivity index (χ2v) is 13.8. The molecule has 1 spiro atoms. The number of carbonyl (C=O) groups is 1. The van der Waals surface area contributed by atoms with Crippen molar-refractivity contribution in [1.29, 1.82) is 0 Å². The summed E-state index contributed by atoms with van der Waals surface area (Å²) in [5, 5.41) is 7.04. The van der Waals surface area contributed by atoms with Crippen LogP contribution >= 0.6 is 0 Å². The lowest BCUT2D eigenvalue weighted by atomic mass is 9.92. The van der Waals surface area contributed by atoms with Crippen LogP contribution in [0.1, 0.15) is 55.4 Å². The summed E-state index contributed by atoms with van der Waals surface area (Å²) < 4.78 is 5.81. The maximum absolute atomic E-state index is 12.7. The molecule has 5 fully saturated rings. The molecule has 3 saturated heterocycles. The highest BCUT2D eigenvalue weighted by Gasteiger charge is 2.51. The number of nitrogens with two attached hydrogens (primary N) is 1. The van der Waals surface area contributed by atoms with E-state index in [2.05, 4.69) is 42.5 Å². The summed E-state index contributed by atoms with van der Waals surface area (Å²) in [5.41, 5.74) is 9.27. The van der Waals surface area contributed by atoms with Gasteiger partial charge in [0.25, 0.3) is 5.91 Å². The van der Waals surface area contributed by atoms with Crippen molar-refractivity contribution in [2.75, 3.05) is 68.0 Å². The fourth-order valence-corrected chi connectivity index (χ4v) is 7.69. The van der Waals surface area contributed by atoms with Gasteiger partial charge in [0.1, 0.15) is 5.69 Å². The first-order valence-electron chi connectivity index (χ1n) is 17.1. The van der Waals surface area contributed by atoms with Crippen LogP contribution < -0.4 is 21.3 Å². The van der Waals surface area contributed by atoms with Crippen LogP contribution in [0.4, 0.5) is 23.0 Å². The number of hydrogen-bond donors (Lipinski definition) is 3. The van der Waals surface area contributed by atoms with Crippen molar-refractivity contribution in [3.63, 3.8) is 0 Å². The Bertz CT molecular complexity index is 1530. The van der Waals surface area contributed by atoms with Gasteiger partial charge in [-0.05, 0) is 81.3 Å². The highest BCUT2D eigenvalue weighted by Crippen LogP contribution is 2.52. The molecule has 4 N–H and O–H groups in total. The van der Waals surface area contributed by atoms with Gasteiger partial charge in [-0.3, -0.25) is 19.6 Å². The zero-order valence-electron chi connectivity index (χ0n) is 26.5. The minimum Gasteiger partial charge on any atom is -0.381 e. The van der Waals surface area contributed by atoms with Crippen LogP contribution in [0.5, 0.6) is 0 Å². The quantitative estimate of drug-likeness (QED) is 0.321. The van der Waals surface area contributed by atoms with E-state index in [1.807, 2.05) is 30.3 Å². The van der Waals surface area contributed by atoms with Crippen molar-refractivity contribution in [3.8, 4) is 11.4 Å². The van der Waals surface area contributed by atoms with Crippen molar-refractivity contribution in [3.05, 3.63) is 54.4 Å². The van der Waals surface area contributed by atoms with Gasteiger partial charge in [-0.2, -0.15) is 0 Å². The molecule has 46 heavy (non-hydrogen) atoms. The van der Waals surface area contributed by atoms with E-state index in [1.165, 1.54) is 57.5 Å². The third-order valence-corrected chi connectivity index (χ3v) is 10.8. The molecule has 1 unspecified atom stereocenters. The molecule has 3 aliphatic heterocycles. The summed E-state index contributed by atoms with van der Waals surface area (Å²) in [6.45, 7) is 8.49. The molecule has 11 heteroatoms. The number of nitrogens with zero attached hydrogens (tertiary/aromatic N) is 6. The molecule has 2 aromatic heterocycles. The van der Waals surface area contributed by atoms with Gasteiger partial charge in [0.2, 0.25) is 0 Å². The number of hydrogen-bond acceptors (Lipinski definition) is 10. The van der Waals surface area contributed by atoms with Crippen LogP contribution in [-0.4, -0.2) is 101 Å². The molecule has 242 valence electrons. The minimum absolute atomic E-state index is 0.0865. The lowest BCUT2D eigenvalue weighted by Crippen LogP contribution is -2.53. The molecule has 1 aromatic carbocycles. The number of rotatable bonds is 9. The zero-order valence-corrected chi connectivity index (χ0v) is 26.5. The van der Waals surface area contributed by atoms with E-state index in [0.29, 0.717) is 35.7 Å². The number of benzene rings is 1. The van der Waals surface area contributed by atoms with Crippen LogP contribution in [0.3, 0.4) is 0 Å². The molecule has 2 saturated carbocycles. The largest absolute Gasteiger partial charge is 0.381 e. The molecule has 0 radical (unpaired) electrons. The maximum atomic E-state index is 12.7. The van der Waals surface area contributed by atoms with Crippen molar-refractivity contribution in [2.24, 2.45) is 11.1 Å². The Labute approximate surface area is 270 Å². The first-order chi connectivity index (χ1) is 22.5. The second kappa shape index (κ2) is 12.4. The molecule has 1 atom stereocenters. The van der Waals surface area contributed by atoms with E-state index >= 15 is 0 Å². The van der Waals surface area contributed by atoms with E-state index < -0.39 is 5.91 Å². The number of piperidine rings is 1. The second-order valence-electron chi connectivity index (χ2n) is 13.8. The number of primary amides is 1. The van der Waals surface area contributed by atoms with Gasteiger partial charge in [-0.1, -0.05) is 6.07 Å². The number of nitrogens with one attached hydrogen (secondary N) is 2. The Hall–Kier alpha value is -3.80. The van der Waals surface area contributed by atoms with Crippen molar-refractivity contribution < 1.29 is 9.53 Å². The predicted molar refractivity (Wildman–Crippen MR) is 179 cm³/mol. The van der Waals surface area contributed by atoms with Crippen LogP contribution in [0.2, 0.25) is 0 Å². The molecule has 2 aliphatic carbocycles. The molecule has 1 amide bonds. The third kappa shape index (κ3) is 6.15. The average Bonchev–Trinajstić information content (AvgIpc) is 4.04. The van der Waals surface area contributed by atoms with Crippen LogP contribution in [-0.2, 0) is 4.74 Å². The Balaban J connectivity index is 0.972. The minimum atomic E-state index is -0.642. The maximum Gasteiger partial charge on any atom is 0.271 e. The number of anilines is 4. The van der Waals surface area contributed by atoms with Gasteiger partial charge in [0, 0.05) is 87.0 Å². The molecule has 5 heterocycles. The molecular weight excluding hydrogens is 578 g/mol. The van der Waals surface area contributed by atoms with Crippen molar-refractivity contribution >= 4 is 28.9 Å². The van der Waals surface area contributed by atoms with Gasteiger partial charge in [0.05, 0.1) is 12.3 Å². The Kier molecular flexibility index (Phi) is 7.99. The first-order valence-corrected chi connectivity index (χ1v) is 17.1. The zero-order chi connectivity index (χ0) is 31.1. The Morgan fingerprint density at radius 2 is 1.57 bits per heavy atom. The summed E-state index contributed by atoms with van der Waals surface area (Å²) in [6, 6.07) is 15.8. The summed E-state index contributed by atoms with van der Waals surface area (Å²) in [5.74, 6) is 0.289. The first kappa shape index (κ1) is 29.6. The van der Waals surface area contributed by atoms with Gasteiger partial charge < -0.3 is 26.0 Å². The smallest absolute Gasteiger partial charge is 0.271 e. The third-order valence-electron chi connectivity index (χ3n) is 10.8. The Morgan fingerprint density at radius 1 is 0.848 bits per heavy atom. The molecular formula is C35H45N9O2. The summed E-state index contributed by atoms with van der Waals surface area (Å²) in [6.07, 6.45) is 10.1. The van der Waals surface area contributed by atoms with E-state index in [-0.39, 0.29) is 17.2 Å². The standard InChI is InChI=1S/C35H45N9O2/c36-32(45)31-34(41-33(30(40-31)28-3-1-2-15-37-28)39-29-12-22-46-23-35(29)13-14-35)38-24-4-6-25(7-5-24)42-16-10-27(11-17-42)44-20-18-43(19-21-44)26-8-9-26/h1-7,15,26-27,29H,8-14,16-23H2,(H2,36,45)(H2,38,39,41). The summed E-state index contributed by atoms with van der Waals surface area (Å²) in [7, 11) is 0. The predicted octanol–water partition coefficient (Wildman–Crippen LogP) is 4.11. The number of pyridine rings is 1. The van der Waals surface area contributed by atoms with E-state index in [4.69, 9.17) is 20.4 Å². The topological polar surface area (TPSA) is 125 Å².